The summed E-state index contributed by atoms with van der Waals surface area (Å²) in [6.07, 6.45) is 0. The van der Waals surface area contributed by atoms with Gasteiger partial charge in [-0.15, -0.1) is 0 Å². The number of hydrogen-bond acceptors (Lipinski definition) is 4. The summed E-state index contributed by atoms with van der Waals surface area (Å²) in [6.45, 7) is 8.60. The number of benzene rings is 1. The Hall–Kier alpha value is -1.55. The van der Waals surface area contributed by atoms with Crippen LogP contribution < -0.4 is 10.2 Å². The van der Waals surface area contributed by atoms with Crippen LogP contribution in [0.3, 0.4) is 0 Å². The van der Waals surface area contributed by atoms with Crippen molar-refractivity contribution in [2.75, 3.05) is 44.8 Å². The third-order valence-corrected chi connectivity index (χ3v) is 3.57. The van der Waals surface area contributed by atoms with Crippen LogP contribution in [0.15, 0.2) is 23.2 Å². The van der Waals surface area contributed by atoms with Crippen LogP contribution in [-0.2, 0) is 4.74 Å². The highest BCUT2D eigenvalue weighted by atomic mass is 16.5. The Morgan fingerprint density at radius 1 is 1.37 bits per heavy atom. The number of aryl methyl sites for hydroxylation is 1. The minimum atomic E-state index is 0.723. The second-order valence-corrected chi connectivity index (χ2v) is 4.89. The van der Waals surface area contributed by atoms with Gasteiger partial charge in [0.15, 0.2) is 0 Å². The van der Waals surface area contributed by atoms with E-state index in [0.717, 1.165) is 38.6 Å². The molecule has 1 N–H and O–H groups in total. The fourth-order valence-corrected chi connectivity index (χ4v) is 2.30. The number of amidine groups is 1. The Morgan fingerprint density at radius 2 is 2.21 bits per heavy atom. The largest absolute Gasteiger partial charge is 0.383 e. The Kier molecular flexibility index (Phi) is 4.80. The number of aliphatic imine (C=N–C) groups is 1. The van der Waals surface area contributed by atoms with Crippen molar-refractivity contribution in [2.45, 2.75) is 13.8 Å². The third kappa shape index (κ3) is 3.47. The van der Waals surface area contributed by atoms with Gasteiger partial charge in [-0.25, -0.2) is 0 Å². The molecule has 1 aliphatic rings. The first-order valence-electron chi connectivity index (χ1n) is 6.79. The summed E-state index contributed by atoms with van der Waals surface area (Å²) >= 11 is 0. The van der Waals surface area contributed by atoms with Crippen LogP contribution in [0.1, 0.15) is 11.1 Å². The highest BCUT2D eigenvalue weighted by molar-refractivity contribution is 5.88. The first-order chi connectivity index (χ1) is 9.22. The second kappa shape index (κ2) is 6.57. The summed E-state index contributed by atoms with van der Waals surface area (Å²) in [4.78, 5) is 6.82. The van der Waals surface area contributed by atoms with Crippen molar-refractivity contribution in [3.05, 3.63) is 29.3 Å². The zero-order valence-electron chi connectivity index (χ0n) is 12.1. The first-order valence-corrected chi connectivity index (χ1v) is 6.79. The van der Waals surface area contributed by atoms with Crippen LogP contribution in [0, 0.1) is 13.8 Å². The van der Waals surface area contributed by atoms with Gasteiger partial charge in [-0.2, -0.15) is 0 Å². The fraction of sp³-hybridized carbons (Fsp3) is 0.533. The summed E-state index contributed by atoms with van der Waals surface area (Å²) in [6, 6.07) is 6.44. The average Bonchev–Trinajstić information content (AvgIpc) is 2.91. The summed E-state index contributed by atoms with van der Waals surface area (Å²) in [5, 5.41) is 3.33. The molecule has 0 amide bonds. The molecular weight excluding hydrogens is 238 g/mol. The number of methoxy groups -OCH3 is 1. The van der Waals surface area contributed by atoms with Crippen molar-refractivity contribution in [1.29, 1.82) is 0 Å². The highest BCUT2D eigenvalue weighted by Crippen LogP contribution is 2.22. The molecule has 104 valence electrons. The van der Waals surface area contributed by atoms with Crippen molar-refractivity contribution in [1.82, 2.24) is 5.32 Å². The van der Waals surface area contributed by atoms with Gasteiger partial charge >= 0.3 is 0 Å². The smallest absolute Gasteiger partial charge is 0.116 e. The molecule has 0 saturated heterocycles. The zero-order valence-corrected chi connectivity index (χ0v) is 12.1. The summed E-state index contributed by atoms with van der Waals surface area (Å²) in [7, 11) is 1.74. The molecule has 0 radical (unpaired) electrons. The van der Waals surface area contributed by atoms with Crippen LogP contribution in [0.2, 0.25) is 0 Å². The normalized spacial score (nSPS) is 14.2. The van der Waals surface area contributed by atoms with Crippen molar-refractivity contribution >= 4 is 11.5 Å². The minimum Gasteiger partial charge on any atom is -0.383 e. The van der Waals surface area contributed by atoms with E-state index in [1.807, 2.05) is 0 Å². The molecule has 0 atom stereocenters. The van der Waals surface area contributed by atoms with Crippen molar-refractivity contribution in [3.8, 4) is 0 Å². The van der Waals surface area contributed by atoms with Crippen molar-refractivity contribution < 1.29 is 4.74 Å². The molecule has 1 aliphatic heterocycles. The van der Waals surface area contributed by atoms with E-state index in [1.165, 1.54) is 16.8 Å². The van der Waals surface area contributed by atoms with Crippen LogP contribution in [0.4, 0.5) is 5.69 Å². The maximum absolute atomic E-state index is 5.23. The fourth-order valence-electron chi connectivity index (χ4n) is 2.30. The topological polar surface area (TPSA) is 36.9 Å². The monoisotopic (exact) mass is 261 g/mol. The molecule has 0 bridgehead atoms. The van der Waals surface area contributed by atoms with Gasteiger partial charge in [0.2, 0.25) is 0 Å². The summed E-state index contributed by atoms with van der Waals surface area (Å²) < 4.78 is 5.23. The highest BCUT2D eigenvalue weighted by Gasteiger charge is 2.14. The Morgan fingerprint density at radius 3 is 2.89 bits per heavy atom. The Labute approximate surface area is 115 Å². The molecule has 4 nitrogen and oxygen atoms in total. The predicted octanol–water partition coefficient (Wildman–Crippen LogP) is 1.76. The van der Waals surface area contributed by atoms with Gasteiger partial charge in [0.25, 0.3) is 0 Å². The second-order valence-electron chi connectivity index (χ2n) is 4.89. The van der Waals surface area contributed by atoms with Gasteiger partial charge in [0.05, 0.1) is 19.7 Å². The molecule has 0 aromatic heterocycles. The zero-order chi connectivity index (χ0) is 13.7. The van der Waals surface area contributed by atoms with E-state index in [0.29, 0.717) is 0 Å². The SMILES string of the molecule is COCCN(CC1=NCCN1)c1cccc(C)c1C. The molecule has 2 rings (SSSR count). The summed E-state index contributed by atoms with van der Waals surface area (Å²) in [5.41, 5.74) is 3.92. The lowest BCUT2D eigenvalue weighted by molar-refractivity contribution is 0.206. The molecule has 0 saturated carbocycles. The van der Waals surface area contributed by atoms with Crippen molar-refractivity contribution in [3.63, 3.8) is 0 Å². The van der Waals surface area contributed by atoms with Crippen LogP contribution >= 0.6 is 0 Å². The number of rotatable bonds is 6. The van der Waals surface area contributed by atoms with E-state index < -0.39 is 0 Å². The van der Waals surface area contributed by atoms with E-state index in [9.17, 15) is 0 Å². The maximum atomic E-state index is 5.23. The number of ether oxygens (including phenoxy) is 1. The van der Waals surface area contributed by atoms with Gasteiger partial charge in [0, 0.05) is 25.9 Å². The standard InChI is InChI=1S/C15H23N3O/c1-12-5-4-6-14(13(12)2)18(9-10-19-3)11-15-16-7-8-17-15/h4-6H,7-11H2,1-3H3,(H,16,17). The molecule has 0 spiro atoms. The quantitative estimate of drug-likeness (QED) is 0.848. The lowest BCUT2D eigenvalue weighted by atomic mass is 10.1. The maximum Gasteiger partial charge on any atom is 0.116 e. The molecule has 0 fully saturated rings. The van der Waals surface area contributed by atoms with Gasteiger partial charge in [-0.05, 0) is 31.0 Å². The average molecular weight is 261 g/mol. The number of anilines is 1. The number of hydrogen-bond donors (Lipinski definition) is 1. The first kappa shape index (κ1) is 13.9. The van der Waals surface area contributed by atoms with E-state index in [4.69, 9.17) is 4.74 Å². The van der Waals surface area contributed by atoms with E-state index in [-0.39, 0.29) is 0 Å². The Bertz CT molecular complexity index is 457. The minimum absolute atomic E-state index is 0.723. The predicted molar refractivity (Wildman–Crippen MR) is 80.3 cm³/mol. The molecule has 4 heteroatoms. The van der Waals surface area contributed by atoms with Gasteiger partial charge in [-0.3, -0.25) is 4.99 Å². The van der Waals surface area contributed by atoms with E-state index in [2.05, 4.69) is 47.3 Å². The van der Waals surface area contributed by atoms with Gasteiger partial charge in [-0.1, -0.05) is 12.1 Å². The van der Waals surface area contributed by atoms with Crippen LogP contribution in [0.25, 0.3) is 0 Å². The Balaban J connectivity index is 2.18. The van der Waals surface area contributed by atoms with E-state index in [1.54, 1.807) is 7.11 Å². The van der Waals surface area contributed by atoms with Crippen LogP contribution in [0.5, 0.6) is 0 Å². The van der Waals surface area contributed by atoms with Gasteiger partial charge < -0.3 is 15.0 Å². The molecule has 1 heterocycles. The third-order valence-electron chi connectivity index (χ3n) is 3.57. The summed E-state index contributed by atoms with van der Waals surface area (Å²) in [5.74, 6) is 1.08. The van der Waals surface area contributed by atoms with Gasteiger partial charge in [0.1, 0.15) is 5.84 Å². The van der Waals surface area contributed by atoms with E-state index >= 15 is 0 Å². The molecule has 1 aromatic carbocycles. The lowest BCUT2D eigenvalue weighted by Crippen LogP contribution is -2.37. The molecule has 1 aromatic rings. The van der Waals surface area contributed by atoms with Crippen molar-refractivity contribution in [2.24, 2.45) is 4.99 Å². The molecule has 19 heavy (non-hydrogen) atoms. The molecule has 0 aliphatic carbocycles. The van der Waals surface area contributed by atoms with Crippen LogP contribution in [-0.4, -0.2) is 45.7 Å². The molecular formula is C15H23N3O. The number of nitrogens with zero attached hydrogens (tertiary/aromatic N) is 2. The lowest BCUT2D eigenvalue weighted by Gasteiger charge is -2.27. The molecule has 0 unspecified atom stereocenters. The number of nitrogens with one attached hydrogen (secondary N) is 1.